The molecule has 2 aliphatic rings. The minimum atomic E-state index is -0.324. The predicted octanol–water partition coefficient (Wildman–Crippen LogP) is 5.39. The van der Waals surface area contributed by atoms with Crippen LogP contribution in [0.3, 0.4) is 0 Å². The van der Waals surface area contributed by atoms with Crippen LogP contribution in [0.5, 0.6) is 11.5 Å². The van der Waals surface area contributed by atoms with E-state index in [1.165, 1.54) is 4.90 Å². The standard InChI is InChI=1S/C29H29Cl2N3O4/c1-32(28(36)17-34-24-14-22(30)23(31)15-27(24)38-18-29(34)37)25(16-33-11-4-5-12-33)20-8-6-7-19(13-20)21-9-2-3-10-26(21)35/h2-3,6-10,13-15,25,35H,4-5,11-12,16-18H2,1H3. The molecule has 1 fully saturated rings. The molecule has 38 heavy (non-hydrogen) atoms. The summed E-state index contributed by atoms with van der Waals surface area (Å²) in [6.45, 7) is 2.29. The number of nitrogens with zero attached hydrogens (tertiary/aromatic N) is 3. The van der Waals surface area contributed by atoms with Crippen LogP contribution in [0.1, 0.15) is 24.4 Å². The number of halogens is 2. The quantitative estimate of drug-likeness (QED) is 0.424. The van der Waals surface area contributed by atoms with Gasteiger partial charge in [-0.2, -0.15) is 0 Å². The zero-order valence-electron chi connectivity index (χ0n) is 21.1. The summed E-state index contributed by atoms with van der Waals surface area (Å²) in [5.41, 5.74) is 2.98. The fraction of sp³-hybridized carbons (Fsp3) is 0.310. The van der Waals surface area contributed by atoms with Crippen LogP contribution >= 0.6 is 23.2 Å². The Morgan fingerprint density at radius 2 is 1.79 bits per heavy atom. The summed E-state index contributed by atoms with van der Waals surface area (Å²) in [6.07, 6.45) is 2.26. The van der Waals surface area contributed by atoms with Crippen LogP contribution in [0.4, 0.5) is 5.69 Å². The number of fused-ring (bicyclic) bond motifs is 1. The van der Waals surface area contributed by atoms with Gasteiger partial charge in [-0.1, -0.05) is 59.6 Å². The van der Waals surface area contributed by atoms with E-state index in [4.69, 9.17) is 27.9 Å². The number of hydrogen-bond donors (Lipinski definition) is 1. The van der Waals surface area contributed by atoms with E-state index in [0.717, 1.165) is 42.6 Å². The molecule has 1 saturated heterocycles. The van der Waals surface area contributed by atoms with E-state index < -0.39 is 0 Å². The molecule has 1 unspecified atom stereocenters. The normalized spacial score (nSPS) is 16.2. The lowest BCUT2D eigenvalue weighted by Crippen LogP contribution is -2.47. The second-order valence-electron chi connectivity index (χ2n) is 9.67. The molecule has 0 spiro atoms. The Kier molecular flexibility index (Phi) is 7.79. The van der Waals surface area contributed by atoms with E-state index in [2.05, 4.69) is 4.90 Å². The molecule has 1 N–H and O–H groups in total. The first-order valence-electron chi connectivity index (χ1n) is 12.6. The molecule has 9 heteroatoms. The number of carbonyl (C=O) groups excluding carboxylic acids is 2. The molecule has 0 bridgehead atoms. The topological polar surface area (TPSA) is 73.3 Å². The van der Waals surface area contributed by atoms with Gasteiger partial charge in [0, 0.05) is 25.2 Å². The van der Waals surface area contributed by atoms with Gasteiger partial charge in [-0.15, -0.1) is 0 Å². The third kappa shape index (κ3) is 5.46. The number of para-hydroxylation sites is 1. The molecule has 2 aliphatic heterocycles. The summed E-state index contributed by atoms with van der Waals surface area (Å²) < 4.78 is 5.53. The second-order valence-corrected chi connectivity index (χ2v) is 10.5. The van der Waals surface area contributed by atoms with E-state index >= 15 is 0 Å². The van der Waals surface area contributed by atoms with Crippen molar-refractivity contribution >= 4 is 40.7 Å². The van der Waals surface area contributed by atoms with Crippen molar-refractivity contribution in [3.63, 3.8) is 0 Å². The monoisotopic (exact) mass is 553 g/mol. The number of likely N-dealkylation sites (N-methyl/N-ethyl adjacent to an activating group) is 1. The van der Waals surface area contributed by atoms with Crippen molar-refractivity contribution in [2.24, 2.45) is 0 Å². The highest BCUT2D eigenvalue weighted by Crippen LogP contribution is 2.39. The number of amides is 2. The highest BCUT2D eigenvalue weighted by molar-refractivity contribution is 6.42. The number of anilines is 1. The maximum absolute atomic E-state index is 13.7. The minimum absolute atomic E-state index is 0.153. The third-order valence-electron chi connectivity index (χ3n) is 7.22. The molecular weight excluding hydrogens is 525 g/mol. The fourth-order valence-corrected chi connectivity index (χ4v) is 5.39. The van der Waals surface area contributed by atoms with Crippen molar-refractivity contribution in [3.8, 4) is 22.6 Å². The highest BCUT2D eigenvalue weighted by Gasteiger charge is 2.32. The number of benzene rings is 3. The van der Waals surface area contributed by atoms with Crippen LogP contribution in [-0.2, 0) is 9.59 Å². The Morgan fingerprint density at radius 1 is 1.05 bits per heavy atom. The Morgan fingerprint density at radius 3 is 2.55 bits per heavy atom. The molecule has 0 aromatic heterocycles. The van der Waals surface area contributed by atoms with Crippen LogP contribution < -0.4 is 9.64 Å². The van der Waals surface area contributed by atoms with Crippen LogP contribution in [0.2, 0.25) is 10.0 Å². The van der Waals surface area contributed by atoms with E-state index in [1.54, 1.807) is 36.2 Å². The molecule has 7 nitrogen and oxygen atoms in total. The minimum Gasteiger partial charge on any atom is -0.507 e. The highest BCUT2D eigenvalue weighted by atomic mass is 35.5. The summed E-state index contributed by atoms with van der Waals surface area (Å²) >= 11 is 12.3. The number of phenols is 1. The molecule has 198 valence electrons. The van der Waals surface area contributed by atoms with Gasteiger partial charge in [0.05, 0.1) is 21.8 Å². The lowest BCUT2D eigenvalue weighted by molar-refractivity contribution is -0.133. The summed E-state index contributed by atoms with van der Waals surface area (Å²) in [5, 5.41) is 11.0. The zero-order valence-corrected chi connectivity index (χ0v) is 22.6. The van der Waals surface area contributed by atoms with Gasteiger partial charge >= 0.3 is 0 Å². The molecule has 1 atom stereocenters. The molecular formula is C29H29Cl2N3O4. The van der Waals surface area contributed by atoms with Gasteiger partial charge in [-0.3, -0.25) is 14.5 Å². The van der Waals surface area contributed by atoms with Gasteiger partial charge in [-0.05, 0) is 55.3 Å². The molecule has 3 aromatic rings. The first-order valence-corrected chi connectivity index (χ1v) is 13.4. The van der Waals surface area contributed by atoms with Gasteiger partial charge in [0.15, 0.2) is 6.61 Å². The number of phenolic OH excluding ortho intramolecular Hbond substituents is 1. The van der Waals surface area contributed by atoms with Crippen molar-refractivity contribution in [2.45, 2.75) is 18.9 Å². The molecule has 0 saturated carbocycles. The number of hydrogen-bond acceptors (Lipinski definition) is 5. The Hall–Kier alpha value is -3.26. The molecule has 3 aromatic carbocycles. The van der Waals surface area contributed by atoms with Gasteiger partial charge in [-0.25, -0.2) is 0 Å². The van der Waals surface area contributed by atoms with E-state index in [9.17, 15) is 14.7 Å². The van der Waals surface area contributed by atoms with Crippen molar-refractivity contribution in [1.29, 1.82) is 0 Å². The maximum Gasteiger partial charge on any atom is 0.265 e. The van der Waals surface area contributed by atoms with E-state index in [-0.39, 0.29) is 41.8 Å². The smallest absolute Gasteiger partial charge is 0.265 e. The summed E-state index contributed by atoms with van der Waals surface area (Å²) in [7, 11) is 1.77. The van der Waals surface area contributed by atoms with Crippen LogP contribution in [0, 0.1) is 0 Å². The molecule has 2 heterocycles. The van der Waals surface area contributed by atoms with Crippen molar-refractivity contribution in [2.75, 3.05) is 44.7 Å². The Bertz CT molecular complexity index is 1360. The lowest BCUT2D eigenvalue weighted by atomic mass is 9.97. The average Bonchev–Trinajstić information content (AvgIpc) is 3.43. The van der Waals surface area contributed by atoms with Crippen molar-refractivity contribution in [1.82, 2.24) is 9.80 Å². The van der Waals surface area contributed by atoms with Crippen LogP contribution in [0.15, 0.2) is 60.7 Å². The summed E-state index contributed by atoms with van der Waals surface area (Å²) in [6, 6.07) is 18.0. The van der Waals surface area contributed by atoms with E-state index in [0.29, 0.717) is 23.0 Å². The van der Waals surface area contributed by atoms with Gasteiger partial charge < -0.3 is 19.6 Å². The second kappa shape index (κ2) is 11.2. The first-order chi connectivity index (χ1) is 18.3. The molecule has 0 aliphatic carbocycles. The third-order valence-corrected chi connectivity index (χ3v) is 7.94. The average molecular weight is 554 g/mol. The number of likely N-dealkylation sites (tertiary alicyclic amines) is 1. The van der Waals surface area contributed by atoms with Crippen LogP contribution in [-0.4, -0.2) is 66.6 Å². The number of aromatic hydroxyl groups is 1. The number of carbonyl (C=O) groups is 2. The van der Waals surface area contributed by atoms with Gasteiger partial charge in [0.25, 0.3) is 5.91 Å². The Labute approximate surface area is 232 Å². The predicted molar refractivity (Wildman–Crippen MR) is 149 cm³/mol. The van der Waals surface area contributed by atoms with E-state index in [1.807, 2.05) is 36.4 Å². The lowest BCUT2D eigenvalue weighted by Gasteiger charge is -2.35. The first kappa shape index (κ1) is 26.4. The number of rotatable bonds is 7. The van der Waals surface area contributed by atoms with Gasteiger partial charge in [0.2, 0.25) is 5.91 Å². The summed E-state index contributed by atoms with van der Waals surface area (Å²) in [4.78, 5) is 32.0. The zero-order chi connectivity index (χ0) is 26.8. The van der Waals surface area contributed by atoms with Crippen molar-refractivity contribution in [3.05, 3.63) is 76.3 Å². The van der Waals surface area contributed by atoms with Crippen molar-refractivity contribution < 1.29 is 19.4 Å². The largest absolute Gasteiger partial charge is 0.507 e. The Balaban J connectivity index is 1.44. The molecule has 5 rings (SSSR count). The SMILES string of the molecule is CN(C(=O)CN1C(=O)COc2cc(Cl)c(Cl)cc21)C(CN1CCCC1)c1cccc(-c2ccccc2O)c1. The summed E-state index contributed by atoms with van der Waals surface area (Å²) in [5.74, 6) is 0.0802. The molecule has 2 amide bonds. The van der Waals surface area contributed by atoms with Crippen LogP contribution in [0.25, 0.3) is 11.1 Å². The fourth-order valence-electron chi connectivity index (χ4n) is 5.08. The number of ether oxygens (including phenoxy) is 1. The van der Waals surface area contributed by atoms with Gasteiger partial charge in [0.1, 0.15) is 18.0 Å². The maximum atomic E-state index is 13.7. The molecule has 0 radical (unpaired) electrons.